The van der Waals surface area contributed by atoms with Crippen LogP contribution in [0.4, 0.5) is 0 Å². The molecule has 0 atom stereocenters. The van der Waals surface area contributed by atoms with Crippen molar-refractivity contribution in [1.82, 2.24) is 4.90 Å². The largest absolute Gasteiger partial charge is 0.483 e. The third kappa shape index (κ3) is 4.08. The molecule has 0 aliphatic carbocycles. The van der Waals surface area contributed by atoms with E-state index in [-0.39, 0.29) is 0 Å². The molecule has 86 valence electrons. The van der Waals surface area contributed by atoms with Crippen LogP contribution in [0.3, 0.4) is 0 Å². The number of rotatable bonds is 5. The highest BCUT2D eigenvalue weighted by molar-refractivity contribution is 7.80. The van der Waals surface area contributed by atoms with Crippen LogP contribution >= 0.6 is 12.2 Å². The topological polar surface area (TPSA) is 21.7 Å². The fourth-order valence-electron chi connectivity index (χ4n) is 1.59. The average Bonchev–Trinajstić information content (AvgIpc) is 2.70. The molecule has 0 aromatic heterocycles. The summed E-state index contributed by atoms with van der Waals surface area (Å²) in [7, 11) is 0. The zero-order valence-corrected chi connectivity index (χ0v) is 10.3. The van der Waals surface area contributed by atoms with Gasteiger partial charge in [-0.3, -0.25) is 0 Å². The van der Waals surface area contributed by atoms with Crippen LogP contribution in [-0.4, -0.2) is 36.3 Å². The van der Waals surface area contributed by atoms with Crippen LogP contribution < -0.4 is 0 Å². The molecule has 1 aliphatic rings. The summed E-state index contributed by atoms with van der Waals surface area (Å²) in [6, 6.07) is 0. The van der Waals surface area contributed by atoms with Crippen LogP contribution in [0.1, 0.15) is 26.7 Å². The van der Waals surface area contributed by atoms with Gasteiger partial charge in [-0.15, -0.1) is 0 Å². The number of thiocarbonyl (C=S) groups is 1. The molecule has 0 N–H and O–H groups in total. The van der Waals surface area contributed by atoms with E-state index in [1.807, 2.05) is 19.9 Å². The first-order valence-corrected chi connectivity index (χ1v) is 5.95. The first-order chi connectivity index (χ1) is 7.27. The third-order valence-corrected chi connectivity index (χ3v) is 2.47. The lowest BCUT2D eigenvalue weighted by Gasteiger charge is -2.21. The maximum absolute atomic E-state index is 5.56. The summed E-state index contributed by atoms with van der Waals surface area (Å²) in [5, 5.41) is 0.507. The van der Waals surface area contributed by atoms with Crippen molar-refractivity contribution in [3.63, 3.8) is 0 Å². The van der Waals surface area contributed by atoms with E-state index < -0.39 is 0 Å². The molecule has 0 radical (unpaired) electrons. The number of ether oxygens (including phenoxy) is 2. The molecule has 1 fully saturated rings. The highest BCUT2D eigenvalue weighted by Crippen LogP contribution is 2.15. The van der Waals surface area contributed by atoms with Crippen molar-refractivity contribution in [2.45, 2.75) is 26.7 Å². The molecule has 1 rings (SSSR count). The second kappa shape index (κ2) is 6.67. The summed E-state index contributed by atoms with van der Waals surface area (Å²) in [6.07, 6.45) is 4.27. The summed E-state index contributed by atoms with van der Waals surface area (Å²) in [6.45, 7) is 7.29. The lowest BCUT2D eigenvalue weighted by atomic mass is 10.4. The van der Waals surface area contributed by atoms with Crippen molar-refractivity contribution in [2.75, 3.05) is 26.3 Å². The van der Waals surface area contributed by atoms with E-state index in [2.05, 4.69) is 4.90 Å². The quantitative estimate of drug-likeness (QED) is 0.410. The Hall–Kier alpha value is -0.770. The van der Waals surface area contributed by atoms with Crippen LogP contribution in [0.2, 0.25) is 0 Å². The van der Waals surface area contributed by atoms with Gasteiger partial charge in [-0.1, -0.05) is 0 Å². The molecule has 0 amide bonds. The van der Waals surface area contributed by atoms with Crippen LogP contribution in [-0.2, 0) is 9.47 Å². The van der Waals surface area contributed by atoms with Gasteiger partial charge in [0.15, 0.2) is 10.9 Å². The van der Waals surface area contributed by atoms with Crippen molar-refractivity contribution < 1.29 is 9.47 Å². The Kier molecular flexibility index (Phi) is 5.47. The molecule has 0 aromatic rings. The first kappa shape index (κ1) is 12.3. The Balaban J connectivity index is 2.58. The van der Waals surface area contributed by atoms with Crippen LogP contribution in [0.15, 0.2) is 12.0 Å². The molecule has 1 aliphatic heterocycles. The minimum Gasteiger partial charge on any atom is -0.483 e. The molecule has 0 bridgehead atoms. The van der Waals surface area contributed by atoms with Crippen molar-refractivity contribution in [3.05, 3.63) is 12.0 Å². The molecule has 0 aromatic carbocycles. The Morgan fingerprint density at radius 1 is 1.20 bits per heavy atom. The minimum absolute atomic E-state index is 0.507. The Labute approximate surface area is 97.0 Å². The van der Waals surface area contributed by atoms with Gasteiger partial charge in [-0.05, 0) is 38.9 Å². The van der Waals surface area contributed by atoms with E-state index in [1.54, 1.807) is 0 Å². The zero-order chi connectivity index (χ0) is 11.1. The van der Waals surface area contributed by atoms with Gasteiger partial charge >= 0.3 is 0 Å². The average molecular weight is 229 g/mol. The van der Waals surface area contributed by atoms with Crippen LogP contribution in [0.5, 0.6) is 0 Å². The van der Waals surface area contributed by atoms with E-state index in [1.165, 1.54) is 12.8 Å². The van der Waals surface area contributed by atoms with Gasteiger partial charge in [0.25, 0.3) is 0 Å². The van der Waals surface area contributed by atoms with E-state index >= 15 is 0 Å². The molecule has 0 spiro atoms. The van der Waals surface area contributed by atoms with Crippen LogP contribution in [0.25, 0.3) is 0 Å². The maximum Gasteiger partial charge on any atom is 0.193 e. The lowest BCUT2D eigenvalue weighted by Crippen LogP contribution is -2.21. The van der Waals surface area contributed by atoms with Gasteiger partial charge in [0.05, 0.1) is 19.3 Å². The highest BCUT2D eigenvalue weighted by atomic mass is 32.1. The standard InChI is InChI=1S/C11H19NO2S/c1-3-13-10(9-11(15)14-4-2)12-7-5-6-8-12/h9H,3-8H2,1-2H3/b10-9+. The zero-order valence-electron chi connectivity index (χ0n) is 9.49. The second-order valence-corrected chi connectivity index (χ2v) is 3.76. The molecule has 4 heteroatoms. The fraction of sp³-hybridized carbons (Fsp3) is 0.727. The normalized spacial score (nSPS) is 16.7. The Bertz CT molecular complexity index is 235. The van der Waals surface area contributed by atoms with Gasteiger partial charge in [-0.2, -0.15) is 0 Å². The molecule has 0 unspecified atom stereocenters. The highest BCUT2D eigenvalue weighted by Gasteiger charge is 2.16. The number of likely N-dealkylation sites (tertiary alicyclic amines) is 1. The number of hydrogen-bond donors (Lipinski definition) is 0. The predicted octanol–water partition coefficient (Wildman–Crippen LogP) is 2.32. The summed E-state index contributed by atoms with van der Waals surface area (Å²) < 4.78 is 10.8. The molecule has 0 saturated carbocycles. The minimum atomic E-state index is 0.507. The van der Waals surface area contributed by atoms with E-state index in [0.29, 0.717) is 18.3 Å². The second-order valence-electron chi connectivity index (χ2n) is 3.36. The number of nitrogens with zero attached hydrogens (tertiary/aromatic N) is 1. The van der Waals surface area contributed by atoms with Gasteiger partial charge in [-0.25, -0.2) is 0 Å². The van der Waals surface area contributed by atoms with Gasteiger partial charge in [0, 0.05) is 13.1 Å². The molecule has 3 nitrogen and oxygen atoms in total. The summed E-state index contributed by atoms with van der Waals surface area (Å²) in [4.78, 5) is 2.22. The number of hydrogen-bond acceptors (Lipinski definition) is 4. The molecule has 15 heavy (non-hydrogen) atoms. The van der Waals surface area contributed by atoms with Crippen molar-refractivity contribution in [3.8, 4) is 0 Å². The SMILES string of the molecule is CCOC(=S)/C=C(/OCC)N1CCCC1. The molecular formula is C11H19NO2S. The van der Waals surface area contributed by atoms with Crippen molar-refractivity contribution in [1.29, 1.82) is 0 Å². The molecule has 1 heterocycles. The Morgan fingerprint density at radius 3 is 2.33 bits per heavy atom. The lowest BCUT2D eigenvalue weighted by molar-refractivity contribution is 0.136. The Morgan fingerprint density at radius 2 is 1.80 bits per heavy atom. The van der Waals surface area contributed by atoms with E-state index in [0.717, 1.165) is 19.0 Å². The van der Waals surface area contributed by atoms with Crippen molar-refractivity contribution in [2.24, 2.45) is 0 Å². The summed E-state index contributed by atoms with van der Waals surface area (Å²) in [5.41, 5.74) is 0. The summed E-state index contributed by atoms with van der Waals surface area (Å²) in [5.74, 6) is 0.855. The monoisotopic (exact) mass is 229 g/mol. The smallest absolute Gasteiger partial charge is 0.193 e. The van der Waals surface area contributed by atoms with Crippen LogP contribution in [0, 0.1) is 0 Å². The first-order valence-electron chi connectivity index (χ1n) is 5.54. The van der Waals surface area contributed by atoms with Crippen molar-refractivity contribution >= 4 is 17.3 Å². The van der Waals surface area contributed by atoms with Gasteiger partial charge < -0.3 is 14.4 Å². The third-order valence-electron chi connectivity index (χ3n) is 2.24. The van der Waals surface area contributed by atoms with Gasteiger partial charge in [0.2, 0.25) is 0 Å². The molecule has 1 saturated heterocycles. The predicted molar refractivity (Wildman–Crippen MR) is 64.7 cm³/mol. The fourth-order valence-corrected chi connectivity index (χ4v) is 1.81. The van der Waals surface area contributed by atoms with Gasteiger partial charge in [0.1, 0.15) is 0 Å². The molecular weight excluding hydrogens is 210 g/mol. The summed E-state index contributed by atoms with van der Waals surface area (Å²) >= 11 is 5.07. The van der Waals surface area contributed by atoms with E-state index in [9.17, 15) is 0 Å². The maximum atomic E-state index is 5.56. The van der Waals surface area contributed by atoms with E-state index in [4.69, 9.17) is 21.7 Å².